The maximum atomic E-state index is 12.6. The molecule has 0 N–H and O–H groups in total. The molecule has 0 unspecified atom stereocenters. The van der Waals surface area contributed by atoms with E-state index in [1.807, 2.05) is 23.1 Å². The number of ether oxygens (including phenoxy) is 2. The predicted octanol–water partition coefficient (Wildman–Crippen LogP) is 4.82. The van der Waals surface area contributed by atoms with Crippen LogP contribution in [0.25, 0.3) is 0 Å². The third-order valence-corrected chi connectivity index (χ3v) is 6.00. The molecule has 29 heavy (non-hydrogen) atoms. The van der Waals surface area contributed by atoms with Crippen LogP contribution in [0.15, 0.2) is 42.5 Å². The van der Waals surface area contributed by atoms with Gasteiger partial charge in [-0.3, -0.25) is 4.79 Å². The Morgan fingerprint density at radius 1 is 0.931 bits per heavy atom. The van der Waals surface area contributed by atoms with Crippen molar-refractivity contribution in [1.82, 2.24) is 4.90 Å². The Labute approximate surface area is 174 Å². The van der Waals surface area contributed by atoms with Gasteiger partial charge in [0, 0.05) is 19.5 Å². The van der Waals surface area contributed by atoms with Crippen molar-refractivity contribution < 1.29 is 14.3 Å². The van der Waals surface area contributed by atoms with Crippen LogP contribution in [0, 0.1) is 12.8 Å². The molecule has 0 atom stereocenters. The van der Waals surface area contributed by atoms with Crippen LogP contribution in [0.5, 0.6) is 11.5 Å². The molecule has 4 nitrogen and oxygen atoms in total. The lowest BCUT2D eigenvalue weighted by Gasteiger charge is -2.32. The Kier molecular flexibility index (Phi) is 7.56. The molecule has 0 aliphatic carbocycles. The standard InChI is InChI=1S/C25H33NO3/c1-19-4-6-20(7-5-19)8-9-21-14-16-26(17-15-21)25(27)13-11-22-10-12-23(28-2)24(18-22)29-3/h4-7,10,12,18,21H,8-9,11,13-17H2,1-3H3. The van der Waals surface area contributed by atoms with Crippen molar-refractivity contribution >= 4 is 5.91 Å². The number of likely N-dealkylation sites (tertiary alicyclic amines) is 1. The van der Waals surface area contributed by atoms with Gasteiger partial charge in [0.15, 0.2) is 11.5 Å². The molecule has 0 bridgehead atoms. The lowest BCUT2D eigenvalue weighted by atomic mass is 9.90. The summed E-state index contributed by atoms with van der Waals surface area (Å²) in [6.07, 6.45) is 5.87. The molecule has 0 radical (unpaired) electrons. The Bertz CT molecular complexity index is 792. The highest BCUT2D eigenvalue weighted by molar-refractivity contribution is 5.76. The van der Waals surface area contributed by atoms with Gasteiger partial charge < -0.3 is 14.4 Å². The number of methoxy groups -OCH3 is 2. The summed E-state index contributed by atoms with van der Waals surface area (Å²) in [7, 11) is 3.27. The molecule has 2 aromatic carbocycles. The summed E-state index contributed by atoms with van der Waals surface area (Å²) in [6.45, 7) is 3.91. The van der Waals surface area contributed by atoms with E-state index in [-0.39, 0.29) is 5.91 Å². The minimum atomic E-state index is 0.261. The van der Waals surface area contributed by atoms with E-state index in [0.717, 1.165) is 56.0 Å². The predicted molar refractivity (Wildman–Crippen MR) is 117 cm³/mol. The summed E-state index contributed by atoms with van der Waals surface area (Å²) >= 11 is 0. The summed E-state index contributed by atoms with van der Waals surface area (Å²) < 4.78 is 10.6. The highest BCUT2D eigenvalue weighted by Crippen LogP contribution is 2.28. The first-order valence-corrected chi connectivity index (χ1v) is 10.6. The van der Waals surface area contributed by atoms with Gasteiger partial charge in [-0.1, -0.05) is 35.9 Å². The number of aryl methyl sites for hydroxylation is 3. The van der Waals surface area contributed by atoms with Crippen LogP contribution in [0.4, 0.5) is 0 Å². The molecule has 0 saturated carbocycles. The fourth-order valence-corrected chi connectivity index (χ4v) is 4.04. The molecular weight excluding hydrogens is 362 g/mol. The van der Waals surface area contributed by atoms with Gasteiger partial charge in [0.1, 0.15) is 0 Å². The van der Waals surface area contributed by atoms with Crippen molar-refractivity contribution in [2.45, 2.75) is 45.4 Å². The Morgan fingerprint density at radius 3 is 2.24 bits per heavy atom. The zero-order chi connectivity index (χ0) is 20.6. The molecule has 3 rings (SSSR count). The summed E-state index contributed by atoms with van der Waals surface area (Å²) in [5, 5.41) is 0. The average Bonchev–Trinajstić information content (AvgIpc) is 2.77. The van der Waals surface area contributed by atoms with Crippen LogP contribution in [0.1, 0.15) is 42.4 Å². The summed E-state index contributed by atoms with van der Waals surface area (Å²) in [5.41, 5.74) is 3.83. The first kappa shape index (κ1) is 21.2. The smallest absolute Gasteiger partial charge is 0.222 e. The van der Waals surface area contributed by atoms with E-state index in [4.69, 9.17) is 9.47 Å². The average molecular weight is 396 g/mol. The van der Waals surface area contributed by atoms with Crippen LogP contribution in [0.3, 0.4) is 0 Å². The van der Waals surface area contributed by atoms with E-state index in [1.54, 1.807) is 14.2 Å². The van der Waals surface area contributed by atoms with E-state index in [1.165, 1.54) is 17.5 Å². The van der Waals surface area contributed by atoms with Gasteiger partial charge in [-0.15, -0.1) is 0 Å². The number of hydrogen-bond donors (Lipinski definition) is 0. The monoisotopic (exact) mass is 395 g/mol. The zero-order valence-electron chi connectivity index (χ0n) is 17.9. The Morgan fingerprint density at radius 2 is 1.59 bits per heavy atom. The normalized spacial score (nSPS) is 14.7. The minimum absolute atomic E-state index is 0.261. The van der Waals surface area contributed by atoms with Crippen molar-refractivity contribution in [1.29, 1.82) is 0 Å². The molecule has 1 heterocycles. The molecule has 1 aliphatic heterocycles. The second kappa shape index (κ2) is 10.3. The van der Waals surface area contributed by atoms with E-state index in [2.05, 4.69) is 31.2 Å². The second-order valence-corrected chi connectivity index (χ2v) is 8.04. The van der Waals surface area contributed by atoms with Crippen molar-refractivity contribution in [2.75, 3.05) is 27.3 Å². The Hall–Kier alpha value is -2.49. The van der Waals surface area contributed by atoms with Crippen molar-refractivity contribution in [3.63, 3.8) is 0 Å². The lowest BCUT2D eigenvalue weighted by Crippen LogP contribution is -2.38. The number of nitrogens with zero attached hydrogens (tertiary/aromatic N) is 1. The maximum Gasteiger partial charge on any atom is 0.222 e. The molecule has 156 valence electrons. The largest absolute Gasteiger partial charge is 0.493 e. The van der Waals surface area contributed by atoms with Gasteiger partial charge in [-0.2, -0.15) is 0 Å². The molecule has 1 aliphatic rings. The summed E-state index contributed by atoms with van der Waals surface area (Å²) in [5.74, 6) is 2.42. The summed E-state index contributed by atoms with van der Waals surface area (Å²) in [6, 6.07) is 14.7. The molecule has 2 aromatic rings. The van der Waals surface area contributed by atoms with Gasteiger partial charge in [0.2, 0.25) is 5.91 Å². The van der Waals surface area contributed by atoms with Gasteiger partial charge in [0.05, 0.1) is 14.2 Å². The van der Waals surface area contributed by atoms with Gasteiger partial charge >= 0.3 is 0 Å². The molecular formula is C25H33NO3. The maximum absolute atomic E-state index is 12.6. The van der Waals surface area contributed by atoms with Gasteiger partial charge in [-0.05, 0) is 68.2 Å². The molecule has 1 saturated heterocycles. The third-order valence-electron chi connectivity index (χ3n) is 6.00. The van der Waals surface area contributed by atoms with Crippen LogP contribution in [-0.4, -0.2) is 38.1 Å². The number of carbonyl (C=O) groups is 1. The number of hydrogen-bond acceptors (Lipinski definition) is 3. The molecule has 1 amide bonds. The number of carbonyl (C=O) groups excluding carboxylic acids is 1. The summed E-state index contributed by atoms with van der Waals surface area (Å²) in [4.78, 5) is 14.7. The lowest BCUT2D eigenvalue weighted by molar-refractivity contribution is -0.132. The van der Waals surface area contributed by atoms with Crippen LogP contribution < -0.4 is 9.47 Å². The van der Waals surface area contributed by atoms with Crippen molar-refractivity contribution in [3.8, 4) is 11.5 Å². The number of amides is 1. The van der Waals surface area contributed by atoms with Crippen molar-refractivity contribution in [2.24, 2.45) is 5.92 Å². The van der Waals surface area contributed by atoms with Gasteiger partial charge in [0.25, 0.3) is 0 Å². The second-order valence-electron chi connectivity index (χ2n) is 8.04. The van der Waals surface area contributed by atoms with Crippen LogP contribution >= 0.6 is 0 Å². The highest BCUT2D eigenvalue weighted by atomic mass is 16.5. The third kappa shape index (κ3) is 5.99. The first-order chi connectivity index (χ1) is 14.1. The topological polar surface area (TPSA) is 38.8 Å². The van der Waals surface area contributed by atoms with E-state index in [9.17, 15) is 4.79 Å². The van der Waals surface area contributed by atoms with Crippen molar-refractivity contribution in [3.05, 3.63) is 59.2 Å². The van der Waals surface area contributed by atoms with Gasteiger partial charge in [-0.25, -0.2) is 0 Å². The van der Waals surface area contributed by atoms with E-state index >= 15 is 0 Å². The highest BCUT2D eigenvalue weighted by Gasteiger charge is 2.22. The first-order valence-electron chi connectivity index (χ1n) is 10.6. The molecule has 1 fully saturated rings. The van der Waals surface area contributed by atoms with E-state index in [0.29, 0.717) is 12.2 Å². The Balaban J connectivity index is 1.41. The molecule has 4 heteroatoms. The zero-order valence-corrected chi connectivity index (χ0v) is 17.9. The number of piperidine rings is 1. The number of rotatable bonds is 8. The fourth-order valence-electron chi connectivity index (χ4n) is 4.04. The van der Waals surface area contributed by atoms with E-state index < -0.39 is 0 Å². The molecule has 0 spiro atoms. The quantitative estimate of drug-likeness (QED) is 0.643. The SMILES string of the molecule is COc1ccc(CCC(=O)N2CCC(CCc3ccc(C)cc3)CC2)cc1OC. The fraction of sp³-hybridized carbons (Fsp3) is 0.480. The minimum Gasteiger partial charge on any atom is -0.493 e. The molecule has 0 aromatic heterocycles. The van der Waals surface area contributed by atoms with Crippen LogP contribution in [0.2, 0.25) is 0 Å². The van der Waals surface area contributed by atoms with Crippen LogP contribution in [-0.2, 0) is 17.6 Å². The number of benzene rings is 2.